The highest BCUT2D eigenvalue weighted by Gasteiger charge is 2.14. The number of imidazole rings is 1. The zero-order valence-electron chi connectivity index (χ0n) is 8.83. The van der Waals surface area contributed by atoms with Gasteiger partial charge in [0.05, 0.1) is 6.04 Å². The van der Waals surface area contributed by atoms with E-state index in [9.17, 15) is 0 Å². The maximum Gasteiger partial charge on any atom is 0.114 e. The molecule has 1 heterocycles. The maximum atomic E-state index is 7.49. The van der Waals surface area contributed by atoms with Crippen LogP contribution in [0.2, 0.25) is 0 Å². The van der Waals surface area contributed by atoms with E-state index in [0.29, 0.717) is 0 Å². The van der Waals surface area contributed by atoms with Gasteiger partial charge in [0.2, 0.25) is 0 Å². The normalized spacial score (nSPS) is 12.7. The maximum absolute atomic E-state index is 7.49. The van der Waals surface area contributed by atoms with E-state index >= 15 is 0 Å². The Balaban J connectivity index is 2.91. The van der Waals surface area contributed by atoms with Crippen LogP contribution in [0.15, 0.2) is 12.4 Å². The fourth-order valence-corrected chi connectivity index (χ4v) is 1.61. The Hall–Kier alpha value is -1.32. The summed E-state index contributed by atoms with van der Waals surface area (Å²) in [6.07, 6.45) is 6.52. The Morgan fingerprint density at radius 2 is 2.36 bits per heavy atom. The average Bonchev–Trinajstić information content (AvgIpc) is 2.55. The smallest absolute Gasteiger partial charge is 0.114 e. The van der Waals surface area contributed by atoms with Crippen molar-refractivity contribution in [2.75, 3.05) is 0 Å². The van der Waals surface area contributed by atoms with Gasteiger partial charge >= 0.3 is 0 Å². The van der Waals surface area contributed by atoms with E-state index in [1.165, 1.54) is 0 Å². The molecule has 1 rings (SSSR count). The van der Waals surface area contributed by atoms with Gasteiger partial charge in [-0.2, -0.15) is 0 Å². The van der Waals surface area contributed by atoms with Gasteiger partial charge in [-0.1, -0.05) is 13.8 Å². The molecule has 0 saturated carbocycles. The number of amidine groups is 1. The van der Waals surface area contributed by atoms with Gasteiger partial charge in [-0.15, -0.1) is 0 Å². The van der Waals surface area contributed by atoms with Crippen molar-refractivity contribution in [3.8, 4) is 0 Å². The molecule has 0 amide bonds. The standard InChI is InChI=1S/C10H18N4/c1-3-5-9-13-6-7-14(9)8(4-2)10(11)12/h6-8H,3-5H2,1-2H3,(H3,11,12). The number of hydrogen-bond donors (Lipinski definition) is 2. The Bertz CT molecular complexity index is 303. The summed E-state index contributed by atoms with van der Waals surface area (Å²) < 4.78 is 2.01. The van der Waals surface area contributed by atoms with Crippen LogP contribution in [0.5, 0.6) is 0 Å². The third-order valence-corrected chi connectivity index (χ3v) is 2.30. The van der Waals surface area contributed by atoms with E-state index in [1.54, 1.807) is 6.20 Å². The number of nitrogens with zero attached hydrogens (tertiary/aromatic N) is 2. The molecule has 14 heavy (non-hydrogen) atoms. The Labute approximate surface area is 84.7 Å². The third-order valence-electron chi connectivity index (χ3n) is 2.30. The second kappa shape index (κ2) is 4.79. The summed E-state index contributed by atoms with van der Waals surface area (Å²) in [6, 6.07) is -0.0287. The molecule has 0 saturated heterocycles. The van der Waals surface area contributed by atoms with Crippen LogP contribution in [0.4, 0.5) is 0 Å². The molecule has 4 heteroatoms. The van der Waals surface area contributed by atoms with Crippen LogP contribution >= 0.6 is 0 Å². The van der Waals surface area contributed by atoms with Gasteiger partial charge in [-0.3, -0.25) is 5.41 Å². The first kappa shape index (κ1) is 10.8. The molecule has 0 fully saturated rings. The molecule has 78 valence electrons. The lowest BCUT2D eigenvalue weighted by atomic mass is 10.2. The molecule has 0 aliphatic heterocycles. The van der Waals surface area contributed by atoms with E-state index in [0.717, 1.165) is 25.1 Å². The molecule has 0 aliphatic rings. The zero-order chi connectivity index (χ0) is 10.6. The number of nitrogens with two attached hydrogens (primary N) is 1. The number of nitrogens with one attached hydrogen (secondary N) is 1. The van der Waals surface area contributed by atoms with Crippen molar-refractivity contribution < 1.29 is 0 Å². The fraction of sp³-hybridized carbons (Fsp3) is 0.600. The van der Waals surface area contributed by atoms with Crippen LogP contribution in [0.25, 0.3) is 0 Å². The highest BCUT2D eigenvalue weighted by atomic mass is 15.1. The topological polar surface area (TPSA) is 67.7 Å². The van der Waals surface area contributed by atoms with Crippen LogP contribution in [0.1, 0.15) is 38.6 Å². The Kier molecular flexibility index (Phi) is 3.68. The van der Waals surface area contributed by atoms with Crippen molar-refractivity contribution in [2.45, 2.75) is 39.2 Å². The van der Waals surface area contributed by atoms with Gasteiger partial charge in [0.25, 0.3) is 0 Å². The summed E-state index contributed by atoms with van der Waals surface area (Å²) in [4.78, 5) is 4.27. The Morgan fingerprint density at radius 1 is 1.64 bits per heavy atom. The fourth-order valence-electron chi connectivity index (χ4n) is 1.61. The van der Waals surface area contributed by atoms with Gasteiger partial charge in [-0.25, -0.2) is 4.98 Å². The summed E-state index contributed by atoms with van der Waals surface area (Å²) in [7, 11) is 0. The molecule has 0 bridgehead atoms. The van der Waals surface area contributed by atoms with E-state index < -0.39 is 0 Å². The van der Waals surface area contributed by atoms with Crippen LogP contribution in [-0.2, 0) is 6.42 Å². The van der Waals surface area contributed by atoms with Crippen molar-refractivity contribution in [3.63, 3.8) is 0 Å². The SMILES string of the molecule is CCCc1nccn1C(CC)C(=N)N. The molecule has 3 N–H and O–H groups in total. The first-order valence-electron chi connectivity index (χ1n) is 5.06. The minimum absolute atomic E-state index is 0.0287. The number of rotatable bonds is 5. The van der Waals surface area contributed by atoms with Gasteiger partial charge in [0.1, 0.15) is 11.7 Å². The van der Waals surface area contributed by atoms with Crippen LogP contribution in [0.3, 0.4) is 0 Å². The second-order valence-corrected chi connectivity index (χ2v) is 3.38. The zero-order valence-corrected chi connectivity index (χ0v) is 8.83. The summed E-state index contributed by atoms with van der Waals surface area (Å²) in [5.41, 5.74) is 5.54. The molecule has 0 aromatic carbocycles. The predicted molar refractivity (Wildman–Crippen MR) is 57.5 cm³/mol. The molecule has 1 atom stereocenters. The second-order valence-electron chi connectivity index (χ2n) is 3.38. The lowest BCUT2D eigenvalue weighted by molar-refractivity contribution is 0.575. The number of aromatic nitrogens is 2. The summed E-state index contributed by atoms with van der Waals surface area (Å²) in [5.74, 6) is 1.23. The highest BCUT2D eigenvalue weighted by Crippen LogP contribution is 2.14. The predicted octanol–water partition coefficient (Wildman–Crippen LogP) is 1.72. The molecule has 1 aromatic rings. The monoisotopic (exact) mass is 194 g/mol. The van der Waals surface area contributed by atoms with E-state index in [4.69, 9.17) is 11.1 Å². The molecule has 0 spiro atoms. The van der Waals surface area contributed by atoms with Crippen molar-refractivity contribution in [3.05, 3.63) is 18.2 Å². The molecule has 1 aromatic heterocycles. The van der Waals surface area contributed by atoms with Crippen LogP contribution < -0.4 is 5.73 Å². The van der Waals surface area contributed by atoms with Crippen molar-refractivity contribution in [2.24, 2.45) is 5.73 Å². The van der Waals surface area contributed by atoms with E-state index in [1.807, 2.05) is 17.7 Å². The number of hydrogen-bond acceptors (Lipinski definition) is 2. The largest absolute Gasteiger partial charge is 0.386 e. The summed E-state index contributed by atoms with van der Waals surface area (Å²) in [5, 5.41) is 7.49. The van der Waals surface area contributed by atoms with Gasteiger partial charge < -0.3 is 10.3 Å². The quantitative estimate of drug-likeness (QED) is 0.553. The van der Waals surface area contributed by atoms with Crippen molar-refractivity contribution >= 4 is 5.84 Å². The lowest BCUT2D eigenvalue weighted by Crippen LogP contribution is -2.26. The van der Waals surface area contributed by atoms with Gasteiger partial charge in [-0.05, 0) is 12.8 Å². The summed E-state index contributed by atoms with van der Waals surface area (Å²) >= 11 is 0. The minimum Gasteiger partial charge on any atom is -0.386 e. The molecule has 0 aliphatic carbocycles. The molecule has 1 unspecified atom stereocenters. The van der Waals surface area contributed by atoms with E-state index in [2.05, 4.69) is 11.9 Å². The van der Waals surface area contributed by atoms with Gasteiger partial charge in [0, 0.05) is 18.8 Å². The van der Waals surface area contributed by atoms with Crippen molar-refractivity contribution in [1.29, 1.82) is 5.41 Å². The highest BCUT2D eigenvalue weighted by molar-refractivity contribution is 5.81. The summed E-state index contributed by atoms with van der Waals surface area (Å²) in [6.45, 7) is 4.15. The molecular weight excluding hydrogens is 176 g/mol. The molecule has 4 nitrogen and oxygen atoms in total. The van der Waals surface area contributed by atoms with E-state index in [-0.39, 0.29) is 11.9 Å². The third kappa shape index (κ3) is 2.13. The first-order chi connectivity index (χ1) is 6.70. The van der Waals surface area contributed by atoms with Gasteiger partial charge in [0.15, 0.2) is 0 Å². The van der Waals surface area contributed by atoms with Crippen LogP contribution in [0, 0.1) is 5.41 Å². The van der Waals surface area contributed by atoms with Crippen LogP contribution in [-0.4, -0.2) is 15.4 Å². The molecular formula is C10H18N4. The first-order valence-corrected chi connectivity index (χ1v) is 5.06. The Morgan fingerprint density at radius 3 is 2.86 bits per heavy atom. The molecule has 0 radical (unpaired) electrons. The van der Waals surface area contributed by atoms with Crippen molar-refractivity contribution in [1.82, 2.24) is 9.55 Å². The average molecular weight is 194 g/mol. The lowest BCUT2D eigenvalue weighted by Gasteiger charge is -2.17. The minimum atomic E-state index is -0.0287. The number of aryl methyl sites for hydroxylation is 1.